The molecule has 0 aromatic heterocycles. The van der Waals surface area contributed by atoms with Gasteiger partial charge in [0.05, 0.1) is 6.61 Å². The molecule has 2 atom stereocenters. The maximum Gasteiger partial charge on any atom is 0.173 e. The van der Waals surface area contributed by atoms with Crippen LogP contribution in [0.15, 0.2) is 23.1 Å². The summed E-state index contributed by atoms with van der Waals surface area (Å²) in [5.74, 6) is 1.07. The standard InChI is InChI=1S/C13H18FNOS/c1-9(15-2)13(14,8-16)11-3-4-12-10(7-11)5-6-17-12/h3-4,7,9,15-16H,5-6,8H2,1-2H3. The fourth-order valence-corrected chi connectivity index (χ4v) is 3.20. The van der Waals surface area contributed by atoms with Crippen molar-refractivity contribution in [2.24, 2.45) is 0 Å². The highest BCUT2D eigenvalue weighted by Gasteiger charge is 2.37. The highest BCUT2D eigenvalue weighted by Crippen LogP contribution is 2.36. The molecule has 2 N–H and O–H groups in total. The van der Waals surface area contributed by atoms with E-state index in [-0.39, 0.29) is 0 Å². The summed E-state index contributed by atoms with van der Waals surface area (Å²) in [5, 5.41) is 12.3. The van der Waals surface area contributed by atoms with Gasteiger partial charge in [0.2, 0.25) is 0 Å². The molecular formula is C13H18FNOS. The number of halogens is 1. The van der Waals surface area contributed by atoms with Crippen LogP contribution in [0, 0.1) is 0 Å². The quantitative estimate of drug-likeness (QED) is 0.864. The zero-order valence-corrected chi connectivity index (χ0v) is 11.0. The Morgan fingerprint density at radius 1 is 1.59 bits per heavy atom. The molecule has 1 heterocycles. The highest BCUT2D eigenvalue weighted by atomic mass is 32.2. The van der Waals surface area contributed by atoms with Gasteiger partial charge in [0.1, 0.15) is 0 Å². The van der Waals surface area contributed by atoms with Crippen molar-refractivity contribution < 1.29 is 9.50 Å². The Balaban J connectivity index is 2.37. The number of nitrogens with one attached hydrogen (secondary N) is 1. The van der Waals surface area contributed by atoms with Gasteiger partial charge in [-0.2, -0.15) is 0 Å². The van der Waals surface area contributed by atoms with Gasteiger partial charge in [-0.15, -0.1) is 11.8 Å². The first-order chi connectivity index (χ1) is 8.11. The predicted octanol–water partition coefficient (Wildman–Crippen LogP) is 2.10. The third-order valence-corrected chi connectivity index (χ3v) is 4.64. The minimum absolute atomic E-state index is 0.417. The van der Waals surface area contributed by atoms with Gasteiger partial charge in [0, 0.05) is 16.7 Å². The molecule has 2 nitrogen and oxygen atoms in total. The summed E-state index contributed by atoms with van der Waals surface area (Å²) < 4.78 is 14.8. The topological polar surface area (TPSA) is 32.3 Å². The number of rotatable bonds is 4. The molecule has 1 aromatic carbocycles. The van der Waals surface area contributed by atoms with Crippen molar-refractivity contribution in [2.75, 3.05) is 19.4 Å². The van der Waals surface area contributed by atoms with Crippen LogP contribution in [0.4, 0.5) is 4.39 Å². The van der Waals surface area contributed by atoms with Crippen molar-refractivity contribution in [3.63, 3.8) is 0 Å². The first kappa shape index (κ1) is 12.9. The van der Waals surface area contributed by atoms with Gasteiger partial charge in [-0.25, -0.2) is 4.39 Å². The molecule has 0 saturated carbocycles. The fourth-order valence-electron chi connectivity index (χ4n) is 2.15. The van der Waals surface area contributed by atoms with Gasteiger partial charge in [0.15, 0.2) is 5.67 Å². The third kappa shape index (κ3) is 2.21. The van der Waals surface area contributed by atoms with Crippen molar-refractivity contribution in [3.8, 4) is 0 Å². The minimum atomic E-state index is -1.71. The zero-order valence-electron chi connectivity index (χ0n) is 10.2. The molecule has 2 rings (SSSR count). The van der Waals surface area contributed by atoms with E-state index in [1.54, 1.807) is 20.0 Å². The lowest BCUT2D eigenvalue weighted by Crippen LogP contribution is -2.44. The molecule has 0 spiro atoms. The maximum atomic E-state index is 14.8. The molecule has 0 fully saturated rings. The number of aliphatic hydroxyl groups is 1. The van der Waals surface area contributed by atoms with Crippen molar-refractivity contribution in [1.82, 2.24) is 5.32 Å². The smallest absolute Gasteiger partial charge is 0.173 e. The highest BCUT2D eigenvalue weighted by molar-refractivity contribution is 7.99. The fraction of sp³-hybridized carbons (Fsp3) is 0.538. The molecular weight excluding hydrogens is 237 g/mol. The SMILES string of the molecule is CNC(C)C(F)(CO)c1ccc2c(c1)CCS2. The summed E-state index contributed by atoms with van der Waals surface area (Å²) in [4.78, 5) is 1.24. The second-order valence-corrected chi connectivity index (χ2v) is 5.59. The average molecular weight is 255 g/mol. The summed E-state index contributed by atoms with van der Waals surface area (Å²) in [7, 11) is 1.71. The molecule has 0 aliphatic carbocycles. The van der Waals surface area contributed by atoms with Crippen LogP contribution in [-0.2, 0) is 12.1 Å². The average Bonchev–Trinajstić information content (AvgIpc) is 2.83. The van der Waals surface area contributed by atoms with Gasteiger partial charge in [-0.3, -0.25) is 0 Å². The predicted molar refractivity (Wildman–Crippen MR) is 69.3 cm³/mol. The number of aliphatic hydroxyl groups excluding tert-OH is 1. The van der Waals surface area contributed by atoms with E-state index in [9.17, 15) is 9.50 Å². The molecule has 17 heavy (non-hydrogen) atoms. The number of fused-ring (bicyclic) bond motifs is 1. The van der Waals surface area contributed by atoms with Crippen molar-refractivity contribution in [3.05, 3.63) is 29.3 Å². The van der Waals surface area contributed by atoms with Crippen molar-refractivity contribution in [1.29, 1.82) is 0 Å². The third-order valence-electron chi connectivity index (χ3n) is 3.52. The lowest BCUT2D eigenvalue weighted by molar-refractivity contribution is 0.0388. The normalized spacial score (nSPS) is 19.8. The van der Waals surface area contributed by atoms with E-state index in [1.165, 1.54) is 10.5 Å². The number of aryl methyl sites for hydroxylation is 1. The van der Waals surface area contributed by atoms with Crippen LogP contribution in [-0.4, -0.2) is 30.6 Å². The zero-order chi connectivity index (χ0) is 12.5. The minimum Gasteiger partial charge on any atom is -0.393 e. The monoisotopic (exact) mass is 255 g/mol. The van der Waals surface area contributed by atoms with E-state index in [0.717, 1.165) is 12.2 Å². The maximum absolute atomic E-state index is 14.8. The van der Waals surface area contributed by atoms with Crippen LogP contribution in [0.3, 0.4) is 0 Å². The van der Waals surface area contributed by atoms with E-state index in [1.807, 2.05) is 23.9 Å². The lowest BCUT2D eigenvalue weighted by atomic mass is 9.88. The summed E-state index contributed by atoms with van der Waals surface area (Å²) in [6, 6.07) is 5.24. The Morgan fingerprint density at radius 2 is 2.35 bits per heavy atom. The van der Waals surface area contributed by atoms with Gasteiger partial charge in [0.25, 0.3) is 0 Å². The van der Waals surface area contributed by atoms with E-state index in [4.69, 9.17) is 0 Å². The van der Waals surface area contributed by atoms with Gasteiger partial charge in [-0.05, 0) is 37.6 Å². The summed E-state index contributed by atoms with van der Waals surface area (Å²) >= 11 is 1.81. The molecule has 2 unspecified atom stereocenters. The van der Waals surface area contributed by atoms with E-state index >= 15 is 0 Å². The largest absolute Gasteiger partial charge is 0.393 e. The molecule has 0 saturated heterocycles. The molecule has 1 aliphatic rings. The Morgan fingerprint density at radius 3 is 3.00 bits per heavy atom. The van der Waals surface area contributed by atoms with Crippen LogP contribution in [0.25, 0.3) is 0 Å². The second-order valence-electron chi connectivity index (χ2n) is 4.45. The number of thioether (sulfide) groups is 1. The first-order valence-electron chi connectivity index (χ1n) is 5.85. The number of benzene rings is 1. The van der Waals surface area contributed by atoms with Gasteiger partial charge >= 0.3 is 0 Å². The number of hydrogen-bond acceptors (Lipinski definition) is 3. The van der Waals surface area contributed by atoms with Crippen LogP contribution in [0.2, 0.25) is 0 Å². The van der Waals surface area contributed by atoms with Crippen LogP contribution in [0.5, 0.6) is 0 Å². The molecule has 0 amide bonds. The Hall–Kier alpha value is -0.580. The molecule has 1 aromatic rings. The van der Waals surface area contributed by atoms with E-state index in [2.05, 4.69) is 5.32 Å². The number of likely N-dealkylation sites (N-methyl/N-ethyl adjacent to an activating group) is 1. The Bertz CT molecular complexity index is 412. The van der Waals surface area contributed by atoms with Crippen LogP contribution < -0.4 is 5.32 Å². The lowest BCUT2D eigenvalue weighted by Gasteiger charge is -2.30. The number of alkyl halides is 1. The molecule has 1 aliphatic heterocycles. The molecule has 0 bridgehead atoms. The number of hydrogen-bond donors (Lipinski definition) is 2. The Labute approximate surface area is 106 Å². The van der Waals surface area contributed by atoms with Crippen LogP contribution >= 0.6 is 11.8 Å². The molecule has 4 heteroatoms. The first-order valence-corrected chi connectivity index (χ1v) is 6.83. The van der Waals surface area contributed by atoms with E-state index < -0.39 is 18.3 Å². The van der Waals surface area contributed by atoms with Gasteiger partial charge < -0.3 is 10.4 Å². The van der Waals surface area contributed by atoms with Crippen molar-refractivity contribution in [2.45, 2.75) is 30.0 Å². The summed E-state index contributed by atoms with van der Waals surface area (Å²) in [6.45, 7) is 1.25. The molecule has 94 valence electrons. The van der Waals surface area contributed by atoms with Crippen LogP contribution in [0.1, 0.15) is 18.1 Å². The molecule has 0 radical (unpaired) electrons. The second kappa shape index (κ2) is 4.96. The van der Waals surface area contributed by atoms with E-state index in [0.29, 0.717) is 5.56 Å². The Kier molecular flexibility index (Phi) is 3.76. The van der Waals surface area contributed by atoms with Crippen molar-refractivity contribution >= 4 is 11.8 Å². The summed E-state index contributed by atoms with van der Waals surface area (Å²) in [5.41, 5.74) is 0.0613. The van der Waals surface area contributed by atoms with Gasteiger partial charge in [-0.1, -0.05) is 12.1 Å². The summed E-state index contributed by atoms with van der Waals surface area (Å²) in [6.07, 6.45) is 0.989.